The molecule has 7 heteroatoms. The largest absolute Gasteiger partial charge is 0.483 e. The monoisotopic (exact) mass is 420 g/mol. The van der Waals surface area contributed by atoms with Crippen molar-refractivity contribution in [2.45, 2.75) is 33.6 Å². The molecule has 0 radical (unpaired) electrons. The maximum absolute atomic E-state index is 12.2. The molecule has 0 bridgehead atoms. The van der Waals surface area contributed by atoms with Crippen molar-refractivity contribution in [3.8, 4) is 5.75 Å². The van der Waals surface area contributed by atoms with Crippen LogP contribution in [-0.4, -0.2) is 17.4 Å². The number of halogens is 1. The van der Waals surface area contributed by atoms with Crippen LogP contribution in [0.1, 0.15) is 36.5 Å². The zero-order valence-corrected chi connectivity index (χ0v) is 16.7. The highest BCUT2D eigenvalue weighted by Gasteiger charge is 2.15. The molecule has 0 fully saturated rings. The lowest BCUT2D eigenvalue weighted by atomic mass is 10.0. The molecule has 26 heavy (non-hydrogen) atoms. The topological polar surface area (TPSA) is 81.5 Å². The highest BCUT2D eigenvalue weighted by Crippen LogP contribution is 2.32. The standard InChI is InChI=1S/C19H21BrN2O4/c1-11(2)15-9-16(20)13(4)7-18(15)26-10-19(23)21-14-6-5-12(3)17(8-14)22(24)25/h5-9,11H,10H2,1-4H3,(H,21,23). The van der Waals surface area contributed by atoms with Crippen LogP contribution in [0.3, 0.4) is 0 Å². The van der Waals surface area contributed by atoms with E-state index in [0.717, 1.165) is 15.6 Å². The Balaban J connectivity index is 2.09. The minimum Gasteiger partial charge on any atom is -0.483 e. The summed E-state index contributed by atoms with van der Waals surface area (Å²) in [5.74, 6) is 0.522. The average molecular weight is 421 g/mol. The summed E-state index contributed by atoms with van der Waals surface area (Å²) in [4.78, 5) is 22.7. The van der Waals surface area contributed by atoms with Crippen LogP contribution >= 0.6 is 15.9 Å². The molecular formula is C19H21BrN2O4. The summed E-state index contributed by atoms with van der Waals surface area (Å²) in [5, 5.41) is 13.6. The minimum atomic E-state index is -0.471. The summed E-state index contributed by atoms with van der Waals surface area (Å²) in [6, 6.07) is 8.46. The molecule has 0 aliphatic heterocycles. The van der Waals surface area contributed by atoms with E-state index in [1.807, 2.05) is 19.1 Å². The lowest BCUT2D eigenvalue weighted by Gasteiger charge is -2.16. The number of nitrogens with zero attached hydrogens (tertiary/aromatic N) is 1. The van der Waals surface area contributed by atoms with E-state index >= 15 is 0 Å². The first kappa shape index (κ1) is 19.9. The summed E-state index contributed by atoms with van der Waals surface area (Å²) in [6.07, 6.45) is 0. The molecule has 0 aromatic heterocycles. The van der Waals surface area contributed by atoms with Gasteiger partial charge in [-0.3, -0.25) is 14.9 Å². The number of ether oxygens (including phenoxy) is 1. The molecule has 0 unspecified atom stereocenters. The molecule has 2 rings (SSSR count). The third-order valence-electron chi connectivity index (χ3n) is 3.96. The maximum atomic E-state index is 12.2. The van der Waals surface area contributed by atoms with Crippen molar-refractivity contribution in [2.75, 3.05) is 11.9 Å². The smallest absolute Gasteiger partial charge is 0.274 e. The Labute approximate surface area is 160 Å². The maximum Gasteiger partial charge on any atom is 0.274 e. The van der Waals surface area contributed by atoms with E-state index in [1.165, 1.54) is 6.07 Å². The van der Waals surface area contributed by atoms with E-state index in [9.17, 15) is 14.9 Å². The van der Waals surface area contributed by atoms with Gasteiger partial charge in [0.05, 0.1) is 4.92 Å². The van der Waals surface area contributed by atoms with Crippen molar-refractivity contribution < 1.29 is 14.5 Å². The molecule has 6 nitrogen and oxygen atoms in total. The Morgan fingerprint density at radius 3 is 2.54 bits per heavy atom. The van der Waals surface area contributed by atoms with Gasteiger partial charge in [-0.2, -0.15) is 0 Å². The van der Waals surface area contributed by atoms with Gasteiger partial charge in [-0.15, -0.1) is 0 Å². The van der Waals surface area contributed by atoms with Crippen molar-refractivity contribution in [1.82, 2.24) is 0 Å². The van der Waals surface area contributed by atoms with E-state index in [-0.39, 0.29) is 24.1 Å². The van der Waals surface area contributed by atoms with Crippen LogP contribution in [0.5, 0.6) is 5.75 Å². The molecule has 0 spiro atoms. The number of nitrogens with one attached hydrogen (secondary N) is 1. The first-order chi connectivity index (χ1) is 12.2. The van der Waals surface area contributed by atoms with E-state index in [4.69, 9.17) is 4.74 Å². The van der Waals surface area contributed by atoms with Crippen molar-refractivity contribution in [3.63, 3.8) is 0 Å². The second-order valence-electron chi connectivity index (χ2n) is 6.39. The highest BCUT2D eigenvalue weighted by molar-refractivity contribution is 9.10. The van der Waals surface area contributed by atoms with E-state index in [0.29, 0.717) is 17.0 Å². The van der Waals surface area contributed by atoms with Crippen LogP contribution in [0.15, 0.2) is 34.8 Å². The summed E-state index contributed by atoms with van der Waals surface area (Å²) in [5.41, 5.74) is 2.89. The second kappa shape index (κ2) is 8.31. The van der Waals surface area contributed by atoms with Crippen LogP contribution < -0.4 is 10.1 Å². The summed E-state index contributed by atoms with van der Waals surface area (Å²) in [6.45, 7) is 7.52. The third kappa shape index (κ3) is 4.82. The quantitative estimate of drug-likeness (QED) is 0.519. The molecule has 0 aliphatic rings. The number of carbonyl (C=O) groups is 1. The number of benzene rings is 2. The number of amides is 1. The van der Waals surface area contributed by atoms with Gasteiger partial charge in [0, 0.05) is 21.8 Å². The number of anilines is 1. The fourth-order valence-electron chi connectivity index (χ4n) is 2.47. The Hall–Kier alpha value is -2.41. The van der Waals surface area contributed by atoms with Gasteiger partial charge < -0.3 is 10.1 Å². The number of carbonyl (C=O) groups excluding carboxylic acids is 1. The van der Waals surface area contributed by atoms with Crippen molar-refractivity contribution in [3.05, 3.63) is 61.6 Å². The molecule has 0 saturated carbocycles. The van der Waals surface area contributed by atoms with Gasteiger partial charge in [0.2, 0.25) is 0 Å². The molecule has 0 saturated heterocycles. The molecule has 1 amide bonds. The molecule has 2 aromatic carbocycles. The van der Waals surface area contributed by atoms with Gasteiger partial charge in [-0.1, -0.05) is 35.8 Å². The molecule has 0 atom stereocenters. The highest BCUT2D eigenvalue weighted by atomic mass is 79.9. The SMILES string of the molecule is Cc1cc(OCC(=O)Nc2ccc(C)c([N+](=O)[O-])c2)c(C(C)C)cc1Br. The van der Waals surface area contributed by atoms with Crippen LogP contribution in [0.25, 0.3) is 0 Å². The van der Waals surface area contributed by atoms with Crippen LogP contribution in [0.2, 0.25) is 0 Å². The van der Waals surface area contributed by atoms with Gasteiger partial charge in [0.25, 0.3) is 11.6 Å². The number of hydrogen-bond acceptors (Lipinski definition) is 4. The Bertz CT molecular complexity index is 850. The van der Waals surface area contributed by atoms with Crippen LogP contribution in [0.4, 0.5) is 11.4 Å². The van der Waals surface area contributed by atoms with Gasteiger partial charge in [-0.25, -0.2) is 0 Å². The zero-order chi connectivity index (χ0) is 19.4. The van der Waals surface area contributed by atoms with E-state index < -0.39 is 4.92 Å². The second-order valence-corrected chi connectivity index (χ2v) is 7.24. The normalized spacial score (nSPS) is 10.7. The third-order valence-corrected chi connectivity index (χ3v) is 4.82. The lowest BCUT2D eigenvalue weighted by Crippen LogP contribution is -2.20. The van der Waals surface area contributed by atoms with E-state index in [1.54, 1.807) is 19.1 Å². The van der Waals surface area contributed by atoms with Crippen molar-refractivity contribution >= 4 is 33.2 Å². The minimum absolute atomic E-state index is 0.0330. The molecule has 0 heterocycles. The van der Waals surface area contributed by atoms with Gasteiger partial charge in [0.1, 0.15) is 5.75 Å². The average Bonchev–Trinajstić information content (AvgIpc) is 2.56. The van der Waals surface area contributed by atoms with Crippen LogP contribution in [0, 0.1) is 24.0 Å². The summed E-state index contributed by atoms with van der Waals surface area (Å²) >= 11 is 3.51. The number of nitro groups is 1. The van der Waals surface area contributed by atoms with Gasteiger partial charge in [0.15, 0.2) is 6.61 Å². The first-order valence-corrected chi connectivity index (χ1v) is 8.96. The summed E-state index contributed by atoms with van der Waals surface area (Å²) < 4.78 is 6.69. The number of rotatable bonds is 6. The number of hydrogen-bond donors (Lipinski definition) is 1. The first-order valence-electron chi connectivity index (χ1n) is 8.16. The Morgan fingerprint density at radius 1 is 1.23 bits per heavy atom. The summed E-state index contributed by atoms with van der Waals surface area (Å²) in [7, 11) is 0. The fourth-order valence-corrected chi connectivity index (χ4v) is 2.83. The predicted octanol–water partition coefficient (Wildman–Crippen LogP) is 5.12. The molecule has 0 aliphatic carbocycles. The molecule has 2 aromatic rings. The Kier molecular flexibility index (Phi) is 6.37. The van der Waals surface area contributed by atoms with E-state index in [2.05, 4.69) is 35.1 Å². The van der Waals surface area contributed by atoms with Crippen LogP contribution in [-0.2, 0) is 4.79 Å². The van der Waals surface area contributed by atoms with Crippen molar-refractivity contribution in [1.29, 1.82) is 0 Å². The molecule has 138 valence electrons. The lowest BCUT2D eigenvalue weighted by molar-refractivity contribution is -0.385. The number of nitro benzene ring substituents is 1. The zero-order valence-electron chi connectivity index (χ0n) is 15.1. The van der Waals surface area contributed by atoms with Gasteiger partial charge >= 0.3 is 0 Å². The predicted molar refractivity (Wildman–Crippen MR) is 105 cm³/mol. The van der Waals surface area contributed by atoms with Crippen molar-refractivity contribution in [2.24, 2.45) is 0 Å². The van der Waals surface area contributed by atoms with Gasteiger partial charge in [-0.05, 0) is 49.1 Å². The fraction of sp³-hybridized carbons (Fsp3) is 0.316. The molecule has 1 N–H and O–H groups in total. The number of aryl methyl sites for hydroxylation is 2. The molecular weight excluding hydrogens is 400 g/mol. The Morgan fingerprint density at radius 2 is 1.92 bits per heavy atom.